The lowest BCUT2D eigenvalue weighted by atomic mass is 9.58. The van der Waals surface area contributed by atoms with E-state index < -0.39 is 0 Å². The standard InChI is InChI=1S/C16H24O/c1-15(2)7-8-16(3,4)14-11(15)9-10-5-6-12(17)13(10)14/h7-8,10-11,13-14H,5-6,9H2,1-4H3. The highest BCUT2D eigenvalue weighted by Crippen LogP contribution is 2.62. The van der Waals surface area contributed by atoms with Gasteiger partial charge in [-0.15, -0.1) is 0 Å². The molecule has 0 spiro atoms. The summed E-state index contributed by atoms with van der Waals surface area (Å²) in [5, 5.41) is 0. The minimum Gasteiger partial charge on any atom is -0.299 e. The fourth-order valence-electron chi connectivity index (χ4n) is 4.83. The Balaban J connectivity index is 2.05. The second kappa shape index (κ2) is 3.24. The van der Waals surface area contributed by atoms with E-state index in [0.29, 0.717) is 29.5 Å². The van der Waals surface area contributed by atoms with Crippen molar-refractivity contribution in [1.82, 2.24) is 0 Å². The molecular formula is C16H24O. The topological polar surface area (TPSA) is 17.1 Å². The molecular weight excluding hydrogens is 208 g/mol. The van der Waals surface area contributed by atoms with Gasteiger partial charge in [0, 0.05) is 12.3 Å². The van der Waals surface area contributed by atoms with Crippen molar-refractivity contribution in [3.63, 3.8) is 0 Å². The van der Waals surface area contributed by atoms with E-state index in [1.807, 2.05) is 0 Å². The second-order valence-electron chi connectivity index (χ2n) is 7.63. The van der Waals surface area contributed by atoms with E-state index in [9.17, 15) is 4.79 Å². The van der Waals surface area contributed by atoms with Crippen molar-refractivity contribution in [2.24, 2.45) is 34.5 Å². The molecule has 3 aliphatic rings. The molecule has 2 fully saturated rings. The Morgan fingerprint density at radius 1 is 1.12 bits per heavy atom. The molecule has 0 heterocycles. The van der Waals surface area contributed by atoms with Crippen LogP contribution in [0.15, 0.2) is 12.2 Å². The minimum absolute atomic E-state index is 0.208. The summed E-state index contributed by atoms with van der Waals surface area (Å²) in [6.07, 6.45) is 8.06. The molecule has 94 valence electrons. The molecule has 0 saturated heterocycles. The van der Waals surface area contributed by atoms with Crippen LogP contribution in [0.4, 0.5) is 0 Å². The molecule has 0 radical (unpaired) electrons. The summed E-state index contributed by atoms with van der Waals surface area (Å²) in [5.74, 6) is 2.92. The number of hydrogen-bond acceptors (Lipinski definition) is 1. The third-order valence-electron chi connectivity index (χ3n) is 5.78. The first-order valence-electron chi connectivity index (χ1n) is 7.06. The van der Waals surface area contributed by atoms with E-state index in [2.05, 4.69) is 39.8 Å². The normalized spacial score (nSPS) is 45.8. The molecule has 0 N–H and O–H groups in total. The number of Topliss-reactive ketones (excluding diaryl/α,β-unsaturated/α-hetero) is 1. The van der Waals surface area contributed by atoms with Gasteiger partial charge in [0.25, 0.3) is 0 Å². The fourth-order valence-corrected chi connectivity index (χ4v) is 4.83. The molecule has 4 atom stereocenters. The SMILES string of the molecule is CC1(C)C=CC(C)(C)C2C3C(=O)CCC3CC21. The average molecular weight is 232 g/mol. The van der Waals surface area contributed by atoms with Crippen LogP contribution in [0, 0.1) is 34.5 Å². The summed E-state index contributed by atoms with van der Waals surface area (Å²) in [6.45, 7) is 9.35. The molecule has 0 amide bonds. The van der Waals surface area contributed by atoms with Crippen LogP contribution in [0.3, 0.4) is 0 Å². The summed E-state index contributed by atoms with van der Waals surface area (Å²) in [6, 6.07) is 0. The van der Waals surface area contributed by atoms with Crippen molar-refractivity contribution >= 4 is 5.78 Å². The van der Waals surface area contributed by atoms with Gasteiger partial charge >= 0.3 is 0 Å². The van der Waals surface area contributed by atoms with Crippen molar-refractivity contribution in [2.75, 3.05) is 0 Å². The summed E-state index contributed by atoms with van der Waals surface area (Å²) in [5.41, 5.74) is 0.490. The Morgan fingerprint density at radius 3 is 2.47 bits per heavy atom. The van der Waals surface area contributed by atoms with Crippen LogP contribution in [0.25, 0.3) is 0 Å². The van der Waals surface area contributed by atoms with Gasteiger partial charge in [0.2, 0.25) is 0 Å². The lowest BCUT2D eigenvalue weighted by Gasteiger charge is -2.46. The van der Waals surface area contributed by atoms with E-state index in [4.69, 9.17) is 0 Å². The van der Waals surface area contributed by atoms with Gasteiger partial charge in [0.15, 0.2) is 0 Å². The van der Waals surface area contributed by atoms with Crippen LogP contribution in [-0.4, -0.2) is 5.78 Å². The van der Waals surface area contributed by atoms with Crippen molar-refractivity contribution in [3.05, 3.63) is 12.2 Å². The monoisotopic (exact) mass is 232 g/mol. The maximum absolute atomic E-state index is 12.2. The highest BCUT2D eigenvalue weighted by molar-refractivity contribution is 5.84. The Labute approximate surface area is 105 Å². The summed E-state index contributed by atoms with van der Waals surface area (Å²) >= 11 is 0. The Hall–Kier alpha value is -0.590. The highest BCUT2D eigenvalue weighted by atomic mass is 16.1. The van der Waals surface area contributed by atoms with Crippen molar-refractivity contribution in [1.29, 1.82) is 0 Å². The zero-order chi connectivity index (χ0) is 12.4. The summed E-state index contributed by atoms with van der Waals surface area (Å²) in [4.78, 5) is 12.2. The molecule has 17 heavy (non-hydrogen) atoms. The summed E-state index contributed by atoms with van der Waals surface area (Å²) in [7, 11) is 0. The van der Waals surface area contributed by atoms with Crippen LogP contribution in [0.1, 0.15) is 47.0 Å². The van der Waals surface area contributed by atoms with Gasteiger partial charge in [-0.2, -0.15) is 0 Å². The van der Waals surface area contributed by atoms with Crippen molar-refractivity contribution in [3.8, 4) is 0 Å². The predicted molar refractivity (Wildman–Crippen MR) is 69.5 cm³/mol. The average Bonchev–Trinajstić information content (AvgIpc) is 2.76. The van der Waals surface area contributed by atoms with Crippen molar-refractivity contribution < 1.29 is 4.79 Å². The van der Waals surface area contributed by atoms with Crippen LogP contribution in [0.5, 0.6) is 0 Å². The van der Waals surface area contributed by atoms with Gasteiger partial charge in [0.05, 0.1) is 0 Å². The van der Waals surface area contributed by atoms with Crippen LogP contribution < -0.4 is 0 Å². The van der Waals surface area contributed by atoms with Gasteiger partial charge < -0.3 is 0 Å². The Kier molecular flexibility index (Phi) is 2.19. The van der Waals surface area contributed by atoms with Gasteiger partial charge in [0.1, 0.15) is 5.78 Å². The molecule has 0 aliphatic heterocycles. The van der Waals surface area contributed by atoms with E-state index in [-0.39, 0.29) is 10.8 Å². The third-order valence-corrected chi connectivity index (χ3v) is 5.78. The molecule has 0 aromatic carbocycles. The molecule has 2 saturated carbocycles. The first kappa shape index (κ1) is 11.5. The third kappa shape index (κ3) is 1.47. The lowest BCUT2D eigenvalue weighted by molar-refractivity contribution is -0.124. The van der Waals surface area contributed by atoms with Crippen LogP contribution in [0.2, 0.25) is 0 Å². The number of ketones is 1. The first-order valence-corrected chi connectivity index (χ1v) is 7.06. The quantitative estimate of drug-likeness (QED) is 0.580. The minimum atomic E-state index is 0.208. The number of carbonyl (C=O) groups is 1. The number of allylic oxidation sites excluding steroid dienone is 2. The largest absolute Gasteiger partial charge is 0.299 e. The molecule has 0 bridgehead atoms. The number of rotatable bonds is 0. The summed E-state index contributed by atoms with van der Waals surface area (Å²) < 4.78 is 0. The molecule has 0 aromatic rings. The second-order valence-corrected chi connectivity index (χ2v) is 7.63. The van der Waals surface area contributed by atoms with Gasteiger partial charge in [-0.25, -0.2) is 0 Å². The number of carbonyl (C=O) groups excluding carboxylic acids is 1. The first-order chi connectivity index (χ1) is 7.83. The maximum atomic E-state index is 12.2. The van der Waals surface area contributed by atoms with Crippen molar-refractivity contribution in [2.45, 2.75) is 47.0 Å². The molecule has 1 heteroatoms. The molecule has 0 aromatic heterocycles. The number of fused-ring (bicyclic) bond motifs is 3. The molecule has 4 unspecified atom stereocenters. The predicted octanol–water partition coefficient (Wildman–Crippen LogP) is 3.84. The Morgan fingerprint density at radius 2 is 1.76 bits per heavy atom. The molecule has 1 nitrogen and oxygen atoms in total. The van der Waals surface area contributed by atoms with E-state index in [0.717, 1.165) is 12.8 Å². The fraction of sp³-hybridized carbons (Fsp3) is 0.812. The Bertz CT molecular complexity index is 388. The van der Waals surface area contributed by atoms with Crippen LogP contribution >= 0.6 is 0 Å². The van der Waals surface area contributed by atoms with E-state index in [1.165, 1.54) is 6.42 Å². The number of hydrogen-bond donors (Lipinski definition) is 0. The molecule has 3 rings (SSSR count). The van der Waals surface area contributed by atoms with Gasteiger partial charge in [-0.05, 0) is 41.4 Å². The van der Waals surface area contributed by atoms with Gasteiger partial charge in [-0.3, -0.25) is 4.79 Å². The maximum Gasteiger partial charge on any atom is 0.136 e. The van der Waals surface area contributed by atoms with Crippen LogP contribution in [-0.2, 0) is 4.79 Å². The zero-order valence-electron chi connectivity index (χ0n) is 11.5. The zero-order valence-corrected chi connectivity index (χ0v) is 11.5. The highest BCUT2D eigenvalue weighted by Gasteiger charge is 2.58. The molecule has 3 aliphatic carbocycles. The van der Waals surface area contributed by atoms with E-state index >= 15 is 0 Å². The lowest BCUT2D eigenvalue weighted by Crippen LogP contribution is -2.41. The van der Waals surface area contributed by atoms with E-state index in [1.54, 1.807) is 0 Å². The smallest absolute Gasteiger partial charge is 0.136 e. The van der Waals surface area contributed by atoms with Gasteiger partial charge in [-0.1, -0.05) is 39.8 Å².